The van der Waals surface area contributed by atoms with Gasteiger partial charge in [-0.05, 0) is 17.4 Å². The van der Waals surface area contributed by atoms with Crippen LogP contribution in [0.3, 0.4) is 0 Å². The highest BCUT2D eigenvalue weighted by molar-refractivity contribution is 5.97. The summed E-state index contributed by atoms with van der Waals surface area (Å²) in [5.41, 5.74) is 11.5. The van der Waals surface area contributed by atoms with Crippen LogP contribution in [0, 0.1) is 11.8 Å². The molecule has 15 heteroatoms. The molecule has 1 rings (SSSR count). The number of nitrogens with two attached hydrogens (primary N) is 2. The number of hydrogen-bond acceptors (Lipinski definition) is 8. The van der Waals surface area contributed by atoms with Gasteiger partial charge in [0.15, 0.2) is 0 Å². The van der Waals surface area contributed by atoms with Gasteiger partial charge in [-0.1, -0.05) is 64.4 Å². The first kappa shape index (κ1) is 36.5. The minimum absolute atomic E-state index is 0.0663. The van der Waals surface area contributed by atoms with E-state index in [9.17, 15) is 38.7 Å². The van der Waals surface area contributed by atoms with Crippen molar-refractivity contribution in [1.82, 2.24) is 21.3 Å². The molecule has 1 aromatic carbocycles. The molecule has 15 nitrogen and oxygen atoms in total. The number of hydrogen-bond donors (Lipinski definition) is 8. The van der Waals surface area contributed by atoms with Crippen LogP contribution >= 0.6 is 0 Å². The highest BCUT2D eigenvalue weighted by Crippen LogP contribution is 2.12. The summed E-state index contributed by atoms with van der Waals surface area (Å²) in [6.45, 7) is 6.64. The zero-order chi connectivity index (χ0) is 32.9. The molecule has 0 fully saturated rings. The molecule has 0 aliphatic carbocycles. The lowest BCUT2D eigenvalue weighted by Gasteiger charge is -2.29. The van der Waals surface area contributed by atoms with Gasteiger partial charge in [0.1, 0.15) is 24.2 Å². The zero-order valence-corrected chi connectivity index (χ0v) is 24.7. The number of carboxylic acid groups (broad SMARTS) is 2. The summed E-state index contributed by atoms with van der Waals surface area (Å²) >= 11 is 0. The van der Waals surface area contributed by atoms with Crippen LogP contribution in [0.15, 0.2) is 30.3 Å². The van der Waals surface area contributed by atoms with Crippen LogP contribution < -0.4 is 32.7 Å². The average molecular weight is 607 g/mol. The van der Waals surface area contributed by atoms with Gasteiger partial charge in [-0.2, -0.15) is 0 Å². The third-order valence-electron chi connectivity index (χ3n) is 6.71. The standard InChI is InChI=1S/C28H42N6O9/c1-5-15(4)23(34-26(40)22(14(2)3)33-24(38)17(29)12-21(36)37)27(41)31-18(13-20(30)35)25(39)32-19(28(42)43)11-16-9-7-6-8-10-16/h6-10,14-15,17-19,22-23H,5,11-13,29H2,1-4H3,(H2,30,35)(H,31,41)(H,32,39)(H,33,38)(H,34,40)(H,36,37)(H,42,43)/t15-,17-,18-,19-,22-,23-/m0/s1. The van der Waals surface area contributed by atoms with Crippen molar-refractivity contribution in [3.63, 3.8) is 0 Å². The lowest BCUT2D eigenvalue weighted by Crippen LogP contribution is -2.61. The molecule has 43 heavy (non-hydrogen) atoms. The molecule has 0 aliphatic rings. The summed E-state index contributed by atoms with van der Waals surface area (Å²) in [4.78, 5) is 86.6. The van der Waals surface area contributed by atoms with Gasteiger partial charge in [0.25, 0.3) is 0 Å². The molecule has 0 unspecified atom stereocenters. The van der Waals surface area contributed by atoms with Gasteiger partial charge in [-0.25, -0.2) is 4.79 Å². The van der Waals surface area contributed by atoms with E-state index in [0.717, 1.165) is 0 Å². The minimum Gasteiger partial charge on any atom is -0.481 e. The Morgan fingerprint density at radius 1 is 0.744 bits per heavy atom. The Labute approximate surface area is 249 Å². The van der Waals surface area contributed by atoms with Crippen molar-refractivity contribution >= 4 is 41.5 Å². The predicted molar refractivity (Wildman–Crippen MR) is 154 cm³/mol. The third-order valence-corrected chi connectivity index (χ3v) is 6.71. The summed E-state index contributed by atoms with van der Waals surface area (Å²) in [5, 5.41) is 28.2. The normalized spacial score (nSPS) is 15.1. The summed E-state index contributed by atoms with van der Waals surface area (Å²) in [5.74, 6) is -8.03. The number of aliphatic carboxylic acids is 2. The number of carbonyl (C=O) groups excluding carboxylic acids is 5. The molecule has 10 N–H and O–H groups in total. The largest absolute Gasteiger partial charge is 0.481 e. The Morgan fingerprint density at radius 2 is 1.28 bits per heavy atom. The third kappa shape index (κ3) is 12.5. The molecule has 5 amide bonds. The first-order valence-electron chi connectivity index (χ1n) is 13.8. The number of carbonyl (C=O) groups is 7. The Kier molecular flexibility index (Phi) is 14.8. The van der Waals surface area contributed by atoms with Crippen molar-refractivity contribution in [1.29, 1.82) is 0 Å². The highest BCUT2D eigenvalue weighted by atomic mass is 16.4. The van der Waals surface area contributed by atoms with Gasteiger partial charge in [0, 0.05) is 6.42 Å². The number of primary amides is 1. The van der Waals surface area contributed by atoms with E-state index in [-0.39, 0.29) is 6.42 Å². The van der Waals surface area contributed by atoms with Crippen molar-refractivity contribution in [2.24, 2.45) is 23.3 Å². The molecular weight excluding hydrogens is 564 g/mol. The number of rotatable bonds is 18. The van der Waals surface area contributed by atoms with Crippen LogP contribution in [0.25, 0.3) is 0 Å². The maximum atomic E-state index is 13.4. The fourth-order valence-electron chi connectivity index (χ4n) is 4.02. The van der Waals surface area contributed by atoms with Crippen molar-refractivity contribution < 1.29 is 43.8 Å². The number of benzene rings is 1. The van der Waals surface area contributed by atoms with Gasteiger partial charge in [0.2, 0.25) is 29.5 Å². The summed E-state index contributed by atoms with van der Waals surface area (Å²) < 4.78 is 0. The maximum absolute atomic E-state index is 13.4. The van der Waals surface area contributed by atoms with Gasteiger partial charge < -0.3 is 42.9 Å². The molecule has 0 radical (unpaired) electrons. The zero-order valence-electron chi connectivity index (χ0n) is 24.7. The molecule has 0 spiro atoms. The first-order valence-corrected chi connectivity index (χ1v) is 13.8. The van der Waals surface area contributed by atoms with E-state index < -0.39 is 96.4 Å². The quantitative estimate of drug-likeness (QED) is 0.0972. The van der Waals surface area contributed by atoms with Crippen LogP contribution in [-0.4, -0.2) is 81.9 Å². The Bertz CT molecular complexity index is 1160. The summed E-state index contributed by atoms with van der Waals surface area (Å²) in [6.07, 6.45) is -0.981. The van der Waals surface area contributed by atoms with Gasteiger partial charge in [0.05, 0.1) is 18.9 Å². The van der Waals surface area contributed by atoms with Crippen molar-refractivity contribution in [2.75, 3.05) is 0 Å². The number of nitrogens with one attached hydrogen (secondary N) is 4. The molecule has 238 valence electrons. The molecule has 0 heterocycles. The predicted octanol–water partition coefficient (Wildman–Crippen LogP) is -1.37. The number of carboxylic acids is 2. The second-order valence-corrected chi connectivity index (χ2v) is 10.6. The Balaban J connectivity index is 3.13. The SMILES string of the molecule is CC[C@H](C)[C@H](NC(=O)[C@@H](NC(=O)[C@@H](N)CC(=O)O)C(C)C)C(=O)N[C@@H](CC(N)=O)C(=O)N[C@@H](Cc1ccccc1)C(=O)O. The monoisotopic (exact) mass is 606 g/mol. The van der Waals surface area contributed by atoms with Crippen LogP contribution in [-0.2, 0) is 40.0 Å². The summed E-state index contributed by atoms with van der Waals surface area (Å²) in [7, 11) is 0. The molecule has 1 aromatic rings. The molecule has 0 saturated heterocycles. The minimum atomic E-state index is -1.55. The Morgan fingerprint density at radius 3 is 1.77 bits per heavy atom. The van der Waals surface area contributed by atoms with E-state index in [0.29, 0.717) is 12.0 Å². The van der Waals surface area contributed by atoms with E-state index in [1.807, 2.05) is 0 Å². The molecule has 6 atom stereocenters. The topological polar surface area (TPSA) is 260 Å². The molecule has 0 saturated carbocycles. The fourth-order valence-corrected chi connectivity index (χ4v) is 4.02. The van der Waals surface area contributed by atoms with Crippen molar-refractivity contribution in [3.05, 3.63) is 35.9 Å². The van der Waals surface area contributed by atoms with Crippen LogP contribution in [0.4, 0.5) is 0 Å². The van der Waals surface area contributed by atoms with Crippen molar-refractivity contribution in [3.8, 4) is 0 Å². The van der Waals surface area contributed by atoms with Crippen LogP contribution in [0.1, 0.15) is 52.5 Å². The average Bonchev–Trinajstić information content (AvgIpc) is 2.92. The molecule has 0 bridgehead atoms. The van der Waals surface area contributed by atoms with E-state index >= 15 is 0 Å². The second kappa shape index (κ2) is 17.4. The first-order chi connectivity index (χ1) is 20.1. The highest BCUT2D eigenvalue weighted by Gasteiger charge is 2.35. The lowest BCUT2D eigenvalue weighted by molar-refractivity contribution is -0.142. The molecule has 0 aromatic heterocycles. The van der Waals surface area contributed by atoms with Gasteiger partial charge in [-0.15, -0.1) is 0 Å². The van der Waals surface area contributed by atoms with E-state index in [4.69, 9.17) is 16.6 Å². The van der Waals surface area contributed by atoms with Crippen LogP contribution in [0.2, 0.25) is 0 Å². The number of amides is 5. The molecular formula is C28H42N6O9. The van der Waals surface area contributed by atoms with E-state index in [1.165, 1.54) is 0 Å². The van der Waals surface area contributed by atoms with Gasteiger partial charge in [-0.3, -0.25) is 28.8 Å². The van der Waals surface area contributed by atoms with E-state index in [2.05, 4.69) is 21.3 Å². The maximum Gasteiger partial charge on any atom is 0.326 e. The second-order valence-electron chi connectivity index (χ2n) is 10.6. The van der Waals surface area contributed by atoms with Crippen LogP contribution in [0.5, 0.6) is 0 Å². The molecule has 0 aliphatic heterocycles. The fraction of sp³-hybridized carbons (Fsp3) is 0.536. The smallest absolute Gasteiger partial charge is 0.326 e. The lowest BCUT2D eigenvalue weighted by atomic mass is 9.95. The Hall–Kier alpha value is -4.53. The van der Waals surface area contributed by atoms with Crippen molar-refractivity contribution in [2.45, 2.75) is 83.6 Å². The van der Waals surface area contributed by atoms with Gasteiger partial charge >= 0.3 is 11.9 Å². The summed E-state index contributed by atoms with van der Waals surface area (Å²) in [6, 6.07) is 1.73. The van der Waals surface area contributed by atoms with E-state index in [1.54, 1.807) is 58.0 Å².